The van der Waals surface area contributed by atoms with E-state index in [4.69, 9.17) is 14.6 Å². The van der Waals surface area contributed by atoms with Gasteiger partial charge in [-0.25, -0.2) is 0 Å². The van der Waals surface area contributed by atoms with Crippen LogP contribution in [0.4, 0.5) is 0 Å². The summed E-state index contributed by atoms with van der Waals surface area (Å²) < 4.78 is 10.9. The standard InChI is InChI=1S/C19H36O5/c1-2-3-4-5-6-7-8-9-10-11-12-13-23-17-15-24-19(18(17)22)16(21)14-20/h9-10,16-22H,2-8,11-15H2,1H3/b10-9+/t16-,17+,18-,19-/m0/s1. The summed E-state index contributed by atoms with van der Waals surface area (Å²) in [6.45, 7) is 2.65. The van der Waals surface area contributed by atoms with Crippen LogP contribution in [0.2, 0.25) is 0 Å². The molecule has 0 unspecified atom stereocenters. The minimum absolute atomic E-state index is 0.261. The summed E-state index contributed by atoms with van der Waals surface area (Å²) in [7, 11) is 0. The Morgan fingerprint density at radius 2 is 1.75 bits per heavy atom. The number of aliphatic hydroxyl groups is 3. The predicted octanol–water partition coefficient (Wildman–Crippen LogP) is 2.57. The van der Waals surface area contributed by atoms with Gasteiger partial charge < -0.3 is 24.8 Å². The topological polar surface area (TPSA) is 79.2 Å². The van der Waals surface area contributed by atoms with E-state index in [1.807, 2.05) is 0 Å². The van der Waals surface area contributed by atoms with Crippen molar-refractivity contribution in [1.82, 2.24) is 0 Å². The molecule has 0 saturated carbocycles. The average molecular weight is 344 g/mol. The van der Waals surface area contributed by atoms with E-state index in [-0.39, 0.29) is 6.61 Å². The van der Waals surface area contributed by atoms with Gasteiger partial charge in [0.2, 0.25) is 0 Å². The zero-order valence-electron chi connectivity index (χ0n) is 15.1. The summed E-state index contributed by atoms with van der Waals surface area (Å²) in [4.78, 5) is 0. The van der Waals surface area contributed by atoms with Crippen LogP contribution >= 0.6 is 0 Å². The van der Waals surface area contributed by atoms with Gasteiger partial charge in [0.15, 0.2) is 0 Å². The number of ether oxygens (including phenoxy) is 2. The number of hydrogen-bond acceptors (Lipinski definition) is 5. The Kier molecular flexibility index (Phi) is 12.4. The lowest BCUT2D eigenvalue weighted by molar-refractivity contribution is -0.0729. The largest absolute Gasteiger partial charge is 0.394 e. The molecule has 0 aromatic carbocycles. The molecule has 0 aliphatic carbocycles. The zero-order valence-corrected chi connectivity index (χ0v) is 15.1. The van der Waals surface area contributed by atoms with E-state index in [2.05, 4.69) is 19.1 Å². The van der Waals surface area contributed by atoms with E-state index in [0.29, 0.717) is 6.61 Å². The summed E-state index contributed by atoms with van der Waals surface area (Å²) in [6.07, 6.45) is 12.4. The van der Waals surface area contributed by atoms with Crippen LogP contribution in [0.15, 0.2) is 12.2 Å². The van der Waals surface area contributed by atoms with Crippen LogP contribution in [0.1, 0.15) is 64.7 Å². The van der Waals surface area contributed by atoms with Crippen molar-refractivity contribution < 1.29 is 24.8 Å². The number of allylic oxidation sites excluding steroid dienone is 2. The van der Waals surface area contributed by atoms with Gasteiger partial charge in [0.1, 0.15) is 24.4 Å². The molecule has 5 nitrogen and oxygen atoms in total. The molecule has 0 bridgehead atoms. The van der Waals surface area contributed by atoms with Gasteiger partial charge in [-0.3, -0.25) is 0 Å². The third-order valence-corrected chi connectivity index (χ3v) is 4.47. The normalized spacial score (nSPS) is 25.6. The molecule has 5 heteroatoms. The number of rotatable bonds is 14. The first-order valence-corrected chi connectivity index (χ1v) is 9.55. The van der Waals surface area contributed by atoms with E-state index in [9.17, 15) is 10.2 Å². The third-order valence-electron chi connectivity index (χ3n) is 4.47. The molecule has 0 aromatic rings. The molecule has 142 valence electrons. The maximum atomic E-state index is 9.99. The molecule has 0 amide bonds. The fourth-order valence-corrected chi connectivity index (χ4v) is 2.92. The Labute approximate surface area is 146 Å². The highest BCUT2D eigenvalue weighted by atomic mass is 16.6. The molecule has 0 spiro atoms. The smallest absolute Gasteiger partial charge is 0.114 e. The molecule has 1 heterocycles. The monoisotopic (exact) mass is 344 g/mol. The quantitative estimate of drug-likeness (QED) is 0.333. The molecule has 1 rings (SSSR count). The van der Waals surface area contributed by atoms with Gasteiger partial charge in [0.25, 0.3) is 0 Å². The van der Waals surface area contributed by atoms with Gasteiger partial charge in [-0.1, -0.05) is 51.2 Å². The average Bonchev–Trinajstić information content (AvgIpc) is 2.96. The van der Waals surface area contributed by atoms with Crippen LogP contribution < -0.4 is 0 Å². The van der Waals surface area contributed by atoms with Crippen molar-refractivity contribution in [2.75, 3.05) is 19.8 Å². The van der Waals surface area contributed by atoms with Gasteiger partial charge in [-0.15, -0.1) is 0 Å². The highest BCUT2D eigenvalue weighted by Crippen LogP contribution is 2.20. The van der Waals surface area contributed by atoms with E-state index >= 15 is 0 Å². The Hall–Kier alpha value is -0.460. The fraction of sp³-hybridized carbons (Fsp3) is 0.895. The minimum Gasteiger partial charge on any atom is -0.394 e. The molecule has 1 aliphatic heterocycles. The number of hydrogen-bond donors (Lipinski definition) is 3. The van der Waals surface area contributed by atoms with E-state index in [1.165, 1.54) is 38.5 Å². The first-order chi connectivity index (χ1) is 11.7. The SMILES string of the molecule is CCCCCCCC/C=C/CCCO[C@@H]1CO[C@@H]([C@@H](O)CO)[C@H]1O. The molecule has 1 fully saturated rings. The van der Waals surface area contributed by atoms with Crippen molar-refractivity contribution in [3.63, 3.8) is 0 Å². The predicted molar refractivity (Wildman–Crippen MR) is 94.9 cm³/mol. The van der Waals surface area contributed by atoms with Crippen LogP contribution in [0, 0.1) is 0 Å². The fourth-order valence-electron chi connectivity index (χ4n) is 2.92. The van der Waals surface area contributed by atoms with Crippen LogP contribution in [0.5, 0.6) is 0 Å². The summed E-state index contributed by atoms with van der Waals surface area (Å²) in [5, 5.41) is 28.4. The van der Waals surface area contributed by atoms with Crippen LogP contribution in [-0.4, -0.2) is 59.6 Å². The summed E-state index contributed by atoms with van der Waals surface area (Å²) in [5.41, 5.74) is 0. The lowest BCUT2D eigenvalue weighted by atomic mass is 10.1. The van der Waals surface area contributed by atoms with Gasteiger partial charge in [0.05, 0.1) is 13.2 Å². The van der Waals surface area contributed by atoms with Gasteiger partial charge in [0, 0.05) is 6.61 Å². The Bertz CT molecular complexity index is 321. The molecule has 0 aromatic heterocycles. The summed E-state index contributed by atoms with van der Waals surface area (Å²) in [5.74, 6) is 0. The second-order valence-electron chi connectivity index (χ2n) is 6.62. The lowest BCUT2D eigenvalue weighted by Gasteiger charge is -2.20. The Morgan fingerprint density at radius 1 is 1.08 bits per heavy atom. The highest BCUT2D eigenvalue weighted by Gasteiger charge is 2.40. The van der Waals surface area contributed by atoms with Gasteiger partial charge in [-0.2, -0.15) is 0 Å². The molecular weight excluding hydrogens is 308 g/mol. The molecule has 3 N–H and O–H groups in total. The molecule has 1 saturated heterocycles. The van der Waals surface area contributed by atoms with Crippen LogP contribution in [0.25, 0.3) is 0 Å². The zero-order chi connectivity index (χ0) is 17.6. The van der Waals surface area contributed by atoms with Crippen molar-refractivity contribution in [1.29, 1.82) is 0 Å². The van der Waals surface area contributed by atoms with Gasteiger partial charge >= 0.3 is 0 Å². The molecule has 1 aliphatic rings. The Morgan fingerprint density at radius 3 is 2.46 bits per heavy atom. The molecular formula is C19H36O5. The van der Waals surface area contributed by atoms with Crippen LogP contribution in [0.3, 0.4) is 0 Å². The summed E-state index contributed by atoms with van der Waals surface area (Å²) >= 11 is 0. The van der Waals surface area contributed by atoms with E-state index in [1.54, 1.807) is 0 Å². The van der Waals surface area contributed by atoms with Crippen molar-refractivity contribution in [2.45, 2.75) is 89.1 Å². The number of unbranched alkanes of at least 4 members (excludes halogenated alkanes) is 7. The van der Waals surface area contributed by atoms with Crippen molar-refractivity contribution >= 4 is 0 Å². The third kappa shape index (κ3) is 8.58. The lowest BCUT2D eigenvalue weighted by Crippen LogP contribution is -2.41. The van der Waals surface area contributed by atoms with Crippen LogP contribution in [-0.2, 0) is 9.47 Å². The molecule has 24 heavy (non-hydrogen) atoms. The first kappa shape index (κ1) is 21.6. The highest BCUT2D eigenvalue weighted by molar-refractivity contribution is 4.89. The first-order valence-electron chi connectivity index (χ1n) is 9.55. The van der Waals surface area contributed by atoms with E-state index < -0.39 is 31.0 Å². The van der Waals surface area contributed by atoms with Crippen molar-refractivity contribution in [2.24, 2.45) is 0 Å². The maximum Gasteiger partial charge on any atom is 0.114 e. The van der Waals surface area contributed by atoms with Crippen molar-refractivity contribution in [3.05, 3.63) is 12.2 Å². The molecule has 4 atom stereocenters. The van der Waals surface area contributed by atoms with Gasteiger partial charge in [-0.05, 0) is 25.7 Å². The van der Waals surface area contributed by atoms with E-state index in [0.717, 1.165) is 19.3 Å². The Balaban J connectivity index is 1.96. The number of aliphatic hydroxyl groups excluding tert-OH is 3. The second kappa shape index (κ2) is 13.8. The van der Waals surface area contributed by atoms with Crippen molar-refractivity contribution in [3.8, 4) is 0 Å². The summed E-state index contributed by atoms with van der Waals surface area (Å²) in [6, 6.07) is 0. The maximum absolute atomic E-state index is 9.99. The molecule has 0 radical (unpaired) electrons. The second-order valence-corrected chi connectivity index (χ2v) is 6.62. The minimum atomic E-state index is -1.06.